The van der Waals surface area contributed by atoms with Crippen LogP contribution < -0.4 is 5.73 Å². The van der Waals surface area contributed by atoms with Crippen molar-refractivity contribution >= 4 is 5.97 Å². The lowest BCUT2D eigenvalue weighted by molar-refractivity contribution is -0.168. The van der Waals surface area contributed by atoms with Gasteiger partial charge in [0.05, 0.1) is 31.3 Å². The Morgan fingerprint density at radius 3 is 2.45 bits per heavy atom. The minimum atomic E-state index is -0.298. The Kier molecular flexibility index (Phi) is 6.74. The van der Waals surface area contributed by atoms with Gasteiger partial charge in [-0.2, -0.15) is 0 Å². The van der Waals surface area contributed by atoms with E-state index < -0.39 is 0 Å². The van der Waals surface area contributed by atoms with E-state index in [1.54, 1.807) is 0 Å². The molecule has 0 bridgehead atoms. The highest BCUT2D eigenvalue weighted by Crippen LogP contribution is 2.68. The topological polar surface area (TPSA) is 113 Å². The van der Waals surface area contributed by atoms with Crippen LogP contribution >= 0.6 is 0 Å². The van der Waals surface area contributed by atoms with Crippen LogP contribution in [0.25, 0.3) is 0 Å². The third kappa shape index (κ3) is 3.61. The van der Waals surface area contributed by atoms with Gasteiger partial charge in [0.25, 0.3) is 0 Å². The Hall–Kier alpha value is -0.690. The zero-order chi connectivity index (χ0) is 22.9. The SMILES string of the molecule is COC(=O)[C@H]1CC[C@@]2(N)[C@@H]3CC[C@@H]4C[C@@H]([C@H]5CC[C@@H](O)[C@H](C)O5)CC[C@]4(C)[C@H]3CC[C@]12C.O. The molecule has 0 spiro atoms. The fourth-order valence-corrected chi connectivity index (χ4v) is 9.57. The Balaban J connectivity index is 0.00000259. The highest BCUT2D eigenvalue weighted by atomic mass is 16.5. The van der Waals surface area contributed by atoms with Crippen molar-refractivity contribution in [3.63, 3.8) is 0 Å². The van der Waals surface area contributed by atoms with E-state index in [0.29, 0.717) is 29.3 Å². The van der Waals surface area contributed by atoms with Gasteiger partial charge < -0.3 is 25.8 Å². The first-order chi connectivity index (χ1) is 15.1. The number of hydrogen-bond acceptors (Lipinski definition) is 5. The molecule has 33 heavy (non-hydrogen) atoms. The standard InChI is InChI=1S/C27H45NO4.H2O/c1-16-22(29)7-8-23(32-16)17-9-12-25(2)18(15-17)5-6-20-19(25)10-13-26(3)21(24(30)31-4)11-14-27(20,26)28;/h16-23,29H,5-15,28H2,1-4H3;1H2/t16-,17-,18+,19-,20+,21+,22+,23+,25-,26+,27+;/m0./s1. The molecule has 0 aromatic rings. The molecule has 6 nitrogen and oxygen atoms in total. The number of carbonyl (C=O) groups is 1. The predicted molar refractivity (Wildman–Crippen MR) is 127 cm³/mol. The number of carbonyl (C=O) groups excluding carboxylic acids is 1. The van der Waals surface area contributed by atoms with Crippen LogP contribution in [0.5, 0.6) is 0 Å². The van der Waals surface area contributed by atoms with Crippen LogP contribution in [0.4, 0.5) is 0 Å². The maximum atomic E-state index is 12.6. The molecule has 1 aliphatic heterocycles. The maximum Gasteiger partial charge on any atom is 0.309 e. The molecule has 4 aliphatic carbocycles. The van der Waals surface area contributed by atoms with Crippen LogP contribution in [0.3, 0.4) is 0 Å². The fraction of sp³-hybridized carbons (Fsp3) is 0.963. The van der Waals surface area contributed by atoms with Gasteiger partial charge in [-0.1, -0.05) is 13.8 Å². The van der Waals surface area contributed by atoms with Crippen LogP contribution in [0, 0.1) is 40.4 Å². The van der Waals surface area contributed by atoms with Crippen molar-refractivity contribution in [2.24, 2.45) is 46.2 Å². The van der Waals surface area contributed by atoms with Crippen molar-refractivity contribution in [1.82, 2.24) is 0 Å². The van der Waals surface area contributed by atoms with E-state index in [0.717, 1.165) is 38.0 Å². The normalized spacial score (nSPS) is 53.8. The number of rotatable bonds is 2. The Bertz CT molecular complexity index is 746. The average Bonchev–Trinajstić information content (AvgIpc) is 3.06. The second-order valence-electron chi connectivity index (χ2n) is 12.7. The van der Waals surface area contributed by atoms with Crippen LogP contribution in [0.2, 0.25) is 0 Å². The Morgan fingerprint density at radius 1 is 1.00 bits per heavy atom. The summed E-state index contributed by atoms with van der Waals surface area (Å²) in [6.07, 6.45) is 12.2. The van der Waals surface area contributed by atoms with Gasteiger partial charge in [-0.15, -0.1) is 0 Å². The maximum absolute atomic E-state index is 12.6. The summed E-state index contributed by atoms with van der Waals surface area (Å²) in [6.45, 7) is 6.88. The van der Waals surface area contributed by atoms with Gasteiger partial charge in [0.15, 0.2) is 0 Å². The van der Waals surface area contributed by atoms with Crippen molar-refractivity contribution in [3.05, 3.63) is 0 Å². The lowest BCUT2D eigenvalue weighted by Gasteiger charge is -2.64. The molecule has 5 rings (SSSR count). The molecule has 0 aromatic carbocycles. The zero-order valence-electron chi connectivity index (χ0n) is 21.1. The minimum absolute atomic E-state index is 0. The van der Waals surface area contributed by atoms with Crippen LogP contribution in [0.1, 0.15) is 91.4 Å². The molecule has 5 N–H and O–H groups in total. The summed E-state index contributed by atoms with van der Waals surface area (Å²) >= 11 is 0. The summed E-state index contributed by atoms with van der Waals surface area (Å²) in [6, 6.07) is 0. The van der Waals surface area contributed by atoms with Crippen LogP contribution in [-0.4, -0.2) is 47.5 Å². The first-order valence-corrected chi connectivity index (χ1v) is 13.3. The van der Waals surface area contributed by atoms with Crippen LogP contribution in [0.15, 0.2) is 0 Å². The van der Waals surface area contributed by atoms with Crippen molar-refractivity contribution in [3.8, 4) is 0 Å². The molecule has 5 aliphatic rings. The molecule has 0 amide bonds. The molecule has 1 heterocycles. The van der Waals surface area contributed by atoms with Crippen molar-refractivity contribution in [1.29, 1.82) is 0 Å². The number of nitrogens with two attached hydrogens (primary N) is 1. The summed E-state index contributed by atoms with van der Waals surface area (Å²) in [5, 5.41) is 10.1. The third-order valence-corrected chi connectivity index (χ3v) is 11.7. The van der Waals surface area contributed by atoms with E-state index in [4.69, 9.17) is 15.2 Å². The van der Waals surface area contributed by atoms with Gasteiger partial charge in [0.1, 0.15) is 0 Å². The number of aliphatic hydroxyl groups excluding tert-OH is 1. The number of aliphatic hydroxyl groups is 1. The first kappa shape index (κ1) is 25.4. The van der Waals surface area contributed by atoms with Gasteiger partial charge in [-0.05, 0) is 112 Å². The van der Waals surface area contributed by atoms with Gasteiger partial charge >= 0.3 is 5.97 Å². The van der Waals surface area contributed by atoms with Gasteiger partial charge in [-0.25, -0.2) is 0 Å². The summed E-state index contributed by atoms with van der Waals surface area (Å²) in [5.74, 6) is 2.49. The largest absolute Gasteiger partial charge is 0.469 e. The van der Waals surface area contributed by atoms with Crippen molar-refractivity contribution in [2.45, 2.75) is 115 Å². The quantitative estimate of drug-likeness (QED) is 0.605. The molecule has 6 heteroatoms. The van der Waals surface area contributed by atoms with E-state index in [1.165, 1.54) is 45.6 Å². The minimum Gasteiger partial charge on any atom is -0.469 e. The van der Waals surface area contributed by atoms with Crippen molar-refractivity contribution in [2.75, 3.05) is 7.11 Å². The molecule has 0 radical (unpaired) electrons. The Labute approximate surface area is 199 Å². The fourth-order valence-electron chi connectivity index (χ4n) is 9.57. The second kappa shape index (κ2) is 8.76. The summed E-state index contributed by atoms with van der Waals surface area (Å²) < 4.78 is 11.5. The number of esters is 1. The molecular weight excluding hydrogens is 418 g/mol. The molecular formula is C27H47NO5. The zero-order valence-corrected chi connectivity index (χ0v) is 21.1. The molecule has 190 valence electrons. The predicted octanol–water partition coefficient (Wildman–Crippen LogP) is 3.62. The molecule has 0 unspecified atom stereocenters. The molecule has 4 saturated carbocycles. The molecule has 11 atom stereocenters. The average molecular weight is 466 g/mol. The smallest absolute Gasteiger partial charge is 0.309 e. The summed E-state index contributed by atoms with van der Waals surface area (Å²) in [5.41, 5.74) is 7.33. The van der Waals surface area contributed by atoms with Gasteiger partial charge in [-0.3, -0.25) is 4.79 Å². The summed E-state index contributed by atoms with van der Waals surface area (Å²) in [7, 11) is 1.52. The number of methoxy groups -OCH3 is 1. The Morgan fingerprint density at radius 2 is 1.76 bits per heavy atom. The monoisotopic (exact) mass is 465 g/mol. The highest BCUT2D eigenvalue weighted by molar-refractivity contribution is 5.74. The highest BCUT2D eigenvalue weighted by Gasteiger charge is 2.67. The number of hydrogen-bond donors (Lipinski definition) is 2. The van der Waals surface area contributed by atoms with Gasteiger partial charge in [0, 0.05) is 5.54 Å². The summed E-state index contributed by atoms with van der Waals surface area (Å²) in [4.78, 5) is 12.6. The molecule has 0 aromatic heterocycles. The van der Waals surface area contributed by atoms with E-state index >= 15 is 0 Å². The van der Waals surface area contributed by atoms with E-state index in [-0.39, 0.29) is 40.5 Å². The lowest BCUT2D eigenvalue weighted by atomic mass is 9.42. The van der Waals surface area contributed by atoms with E-state index in [9.17, 15) is 9.90 Å². The second-order valence-corrected chi connectivity index (χ2v) is 12.7. The lowest BCUT2D eigenvalue weighted by Crippen LogP contribution is -2.66. The first-order valence-electron chi connectivity index (χ1n) is 13.3. The van der Waals surface area contributed by atoms with Crippen molar-refractivity contribution < 1.29 is 24.9 Å². The number of fused-ring (bicyclic) bond motifs is 5. The van der Waals surface area contributed by atoms with E-state index in [1.807, 2.05) is 6.92 Å². The number of ether oxygens (including phenoxy) is 2. The van der Waals surface area contributed by atoms with Crippen LogP contribution in [-0.2, 0) is 14.3 Å². The third-order valence-electron chi connectivity index (χ3n) is 11.7. The van der Waals surface area contributed by atoms with Gasteiger partial charge in [0.2, 0.25) is 0 Å². The molecule has 1 saturated heterocycles. The molecule has 5 fully saturated rings. The van der Waals surface area contributed by atoms with E-state index in [2.05, 4.69) is 13.8 Å².